The quantitative estimate of drug-likeness (QED) is 0.277. The van der Waals surface area contributed by atoms with E-state index in [1.54, 1.807) is 6.07 Å². The number of hydrogen-bond donors (Lipinski definition) is 1. The van der Waals surface area contributed by atoms with Gasteiger partial charge in [-0.25, -0.2) is 4.98 Å². The first-order valence-corrected chi connectivity index (χ1v) is 10.7. The standard InChI is InChI=1S/C23H26F3N5O.HI/c1-2-27-22(28-10-9-19-15-30-11-4-3-8-21(30)29-19)31-12-13-32-20(16-31)17-6-5-7-18(14-17)23(24,25)26;/h3-8,11,14-15,20H,2,9-10,12-13,16H2,1H3,(H,27,28);1H. The van der Waals surface area contributed by atoms with Gasteiger partial charge in [0, 0.05) is 38.4 Å². The molecule has 1 N–H and O–H groups in total. The van der Waals surface area contributed by atoms with Crippen molar-refractivity contribution in [3.05, 3.63) is 71.7 Å². The Hall–Kier alpha value is -2.34. The van der Waals surface area contributed by atoms with E-state index in [0.29, 0.717) is 44.8 Å². The summed E-state index contributed by atoms with van der Waals surface area (Å²) in [7, 11) is 0. The molecule has 33 heavy (non-hydrogen) atoms. The van der Waals surface area contributed by atoms with E-state index in [1.807, 2.05) is 46.8 Å². The van der Waals surface area contributed by atoms with Gasteiger partial charge in [-0.3, -0.25) is 4.99 Å². The number of aliphatic imine (C=N–C) groups is 1. The van der Waals surface area contributed by atoms with Crippen LogP contribution in [0.4, 0.5) is 13.2 Å². The van der Waals surface area contributed by atoms with E-state index in [1.165, 1.54) is 12.1 Å². The number of alkyl halides is 3. The lowest BCUT2D eigenvalue weighted by Gasteiger charge is -2.35. The van der Waals surface area contributed by atoms with Crippen LogP contribution in [0.1, 0.15) is 29.8 Å². The highest BCUT2D eigenvalue weighted by atomic mass is 127. The van der Waals surface area contributed by atoms with Crippen LogP contribution in [0.5, 0.6) is 0 Å². The fourth-order valence-electron chi connectivity index (χ4n) is 3.77. The highest BCUT2D eigenvalue weighted by molar-refractivity contribution is 14.0. The maximum atomic E-state index is 13.1. The number of aromatic nitrogens is 2. The Morgan fingerprint density at radius 1 is 1.24 bits per heavy atom. The zero-order chi connectivity index (χ0) is 22.6. The number of morpholine rings is 1. The molecule has 1 aliphatic heterocycles. The molecule has 2 aromatic heterocycles. The highest BCUT2D eigenvalue weighted by Gasteiger charge is 2.32. The molecule has 1 fully saturated rings. The molecule has 3 heterocycles. The van der Waals surface area contributed by atoms with Crippen molar-refractivity contribution in [1.29, 1.82) is 0 Å². The number of ether oxygens (including phenoxy) is 1. The number of rotatable bonds is 5. The fourth-order valence-corrected chi connectivity index (χ4v) is 3.77. The average molecular weight is 573 g/mol. The molecule has 1 aliphatic rings. The minimum atomic E-state index is -4.38. The number of nitrogens with one attached hydrogen (secondary N) is 1. The first-order chi connectivity index (χ1) is 15.4. The SMILES string of the molecule is CCNC(=NCCc1cn2ccccc2n1)N1CCOC(c2cccc(C(F)(F)F)c2)C1.I. The molecule has 1 aromatic carbocycles. The highest BCUT2D eigenvalue weighted by Crippen LogP contribution is 2.32. The third-order valence-electron chi connectivity index (χ3n) is 5.33. The van der Waals surface area contributed by atoms with Crippen LogP contribution in [-0.2, 0) is 17.3 Å². The third kappa shape index (κ3) is 6.38. The molecule has 3 aromatic rings. The number of halogens is 4. The van der Waals surface area contributed by atoms with Crippen LogP contribution in [0, 0.1) is 0 Å². The number of fused-ring (bicyclic) bond motifs is 1. The number of imidazole rings is 1. The molecule has 4 rings (SSSR count). The summed E-state index contributed by atoms with van der Waals surface area (Å²) in [5, 5.41) is 3.29. The van der Waals surface area contributed by atoms with Crippen LogP contribution in [0.2, 0.25) is 0 Å². The fraction of sp³-hybridized carbons (Fsp3) is 0.391. The monoisotopic (exact) mass is 573 g/mol. The van der Waals surface area contributed by atoms with Crippen molar-refractivity contribution in [3.8, 4) is 0 Å². The van der Waals surface area contributed by atoms with Gasteiger partial charge >= 0.3 is 6.18 Å². The number of benzene rings is 1. The van der Waals surface area contributed by atoms with Gasteiger partial charge in [-0.2, -0.15) is 13.2 Å². The molecule has 0 spiro atoms. The molecule has 10 heteroatoms. The van der Waals surface area contributed by atoms with Gasteiger partial charge in [-0.05, 0) is 36.8 Å². The Balaban J connectivity index is 0.00000306. The topological polar surface area (TPSA) is 54.2 Å². The Morgan fingerprint density at radius 3 is 2.85 bits per heavy atom. The zero-order valence-corrected chi connectivity index (χ0v) is 20.6. The van der Waals surface area contributed by atoms with E-state index in [4.69, 9.17) is 9.73 Å². The number of pyridine rings is 1. The summed E-state index contributed by atoms with van der Waals surface area (Å²) in [5.74, 6) is 0.733. The van der Waals surface area contributed by atoms with Gasteiger partial charge in [0.25, 0.3) is 0 Å². The zero-order valence-electron chi connectivity index (χ0n) is 18.3. The summed E-state index contributed by atoms with van der Waals surface area (Å²) in [6.45, 7) is 4.70. The van der Waals surface area contributed by atoms with E-state index in [9.17, 15) is 13.2 Å². The second kappa shape index (κ2) is 11.2. The Morgan fingerprint density at radius 2 is 2.09 bits per heavy atom. The Kier molecular flexibility index (Phi) is 8.57. The summed E-state index contributed by atoms with van der Waals surface area (Å²) in [6, 6.07) is 11.2. The van der Waals surface area contributed by atoms with Crippen molar-refractivity contribution in [2.24, 2.45) is 4.99 Å². The number of guanidine groups is 1. The average Bonchev–Trinajstić information content (AvgIpc) is 3.21. The van der Waals surface area contributed by atoms with Gasteiger partial charge in [-0.1, -0.05) is 18.2 Å². The molecule has 0 saturated carbocycles. The molecule has 0 bridgehead atoms. The molecular formula is C23H27F3IN5O. The summed E-state index contributed by atoms with van der Waals surface area (Å²) < 4.78 is 47.1. The van der Waals surface area contributed by atoms with Crippen LogP contribution in [0.15, 0.2) is 59.9 Å². The normalized spacial score (nSPS) is 17.2. The van der Waals surface area contributed by atoms with Gasteiger partial charge in [0.15, 0.2) is 5.96 Å². The van der Waals surface area contributed by atoms with Crippen LogP contribution >= 0.6 is 24.0 Å². The van der Waals surface area contributed by atoms with Crippen molar-refractivity contribution >= 4 is 35.6 Å². The summed E-state index contributed by atoms with van der Waals surface area (Å²) in [5.41, 5.74) is 1.71. The Bertz CT molecular complexity index is 1050. The molecule has 6 nitrogen and oxygen atoms in total. The van der Waals surface area contributed by atoms with Gasteiger partial charge in [0.05, 0.1) is 24.4 Å². The smallest absolute Gasteiger partial charge is 0.370 e. The van der Waals surface area contributed by atoms with Crippen molar-refractivity contribution < 1.29 is 17.9 Å². The van der Waals surface area contributed by atoms with Crippen molar-refractivity contribution in [3.63, 3.8) is 0 Å². The molecule has 178 valence electrons. The van der Waals surface area contributed by atoms with Gasteiger partial charge in [0.2, 0.25) is 0 Å². The first-order valence-electron chi connectivity index (χ1n) is 10.7. The number of hydrogen-bond acceptors (Lipinski definition) is 3. The van der Waals surface area contributed by atoms with Gasteiger partial charge < -0.3 is 19.4 Å². The maximum absolute atomic E-state index is 13.1. The minimum Gasteiger partial charge on any atom is -0.370 e. The van der Waals surface area contributed by atoms with Crippen LogP contribution in [-0.4, -0.2) is 53.0 Å². The molecule has 1 unspecified atom stereocenters. The predicted molar refractivity (Wildman–Crippen MR) is 132 cm³/mol. The third-order valence-corrected chi connectivity index (χ3v) is 5.33. The van der Waals surface area contributed by atoms with E-state index >= 15 is 0 Å². The summed E-state index contributed by atoms with van der Waals surface area (Å²) in [6.07, 6.45) is -0.179. The van der Waals surface area contributed by atoms with E-state index in [-0.39, 0.29) is 24.0 Å². The number of nitrogens with zero attached hydrogens (tertiary/aromatic N) is 4. The van der Waals surface area contributed by atoms with E-state index < -0.39 is 17.8 Å². The van der Waals surface area contributed by atoms with Gasteiger partial charge in [-0.15, -0.1) is 24.0 Å². The lowest BCUT2D eigenvalue weighted by molar-refractivity contribution is -0.137. The Labute approximate surface area is 207 Å². The second-order valence-electron chi connectivity index (χ2n) is 7.61. The lowest BCUT2D eigenvalue weighted by Crippen LogP contribution is -2.48. The van der Waals surface area contributed by atoms with Gasteiger partial charge in [0.1, 0.15) is 11.8 Å². The summed E-state index contributed by atoms with van der Waals surface area (Å²) >= 11 is 0. The van der Waals surface area contributed by atoms with Crippen LogP contribution in [0.3, 0.4) is 0 Å². The van der Waals surface area contributed by atoms with Crippen molar-refractivity contribution in [1.82, 2.24) is 19.6 Å². The molecule has 1 atom stereocenters. The minimum absolute atomic E-state index is 0. The van der Waals surface area contributed by atoms with E-state index in [2.05, 4.69) is 10.3 Å². The molecule has 0 radical (unpaired) electrons. The summed E-state index contributed by atoms with van der Waals surface area (Å²) in [4.78, 5) is 11.4. The van der Waals surface area contributed by atoms with E-state index in [0.717, 1.165) is 23.4 Å². The largest absolute Gasteiger partial charge is 0.416 e. The second-order valence-corrected chi connectivity index (χ2v) is 7.61. The molecule has 1 saturated heterocycles. The first kappa shape index (κ1) is 25.3. The van der Waals surface area contributed by atoms with Crippen LogP contribution < -0.4 is 5.32 Å². The molecular weight excluding hydrogens is 546 g/mol. The molecule has 0 aliphatic carbocycles. The van der Waals surface area contributed by atoms with Crippen molar-refractivity contribution in [2.45, 2.75) is 25.6 Å². The van der Waals surface area contributed by atoms with Crippen LogP contribution in [0.25, 0.3) is 5.65 Å². The molecule has 0 amide bonds. The van der Waals surface area contributed by atoms with Crippen molar-refractivity contribution in [2.75, 3.05) is 32.8 Å². The predicted octanol–water partition coefficient (Wildman–Crippen LogP) is 4.55. The lowest BCUT2D eigenvalue weighted by atomic mass is 10.0. The maximum Gasteiger partial charge on any atom is 0.416 e.